The van der Waals surface area contributed by atoms with Gasteiger partial charge in [0.2, 0.25) is 0 Å². The van der Waals surface area contributed by atoms with Gasteiger partial charge in [-0.25, -0.2) is 0 Å². The summed E-state index contributed by atoms with van der Waals surface area (Å²) in [6.45, 7) is 4.09. The van der Waals surface area contributed by atoms with Gasteiger partial charge in [-0.2, -0.15) is 0 Å². The summed E-state index contributed by atoms with van der Waals surface area (Å²) in [6.07, 6.45) is 7.15. The lowest BCUT2D eigenvalue weighted by Gasteiger charge is -2.20. The molecule has 0 saturated heterocycles. The van der Waals surface area contributed by atoms with Crippen LogP contribution in [0.15, 0.2) is 49.1 Å². The molecule has 1 aliphatic rings. The molecule has 19 heavy (non-hydrogen) atoms. The van der Waals surface area contributed by atoms with Crippen LogP contribution in [0.3, 0.4) is 0 Å². The second-order valence-corrected chi connectivity index (χ2v) is 5.26. The molecule has 2 heteroatoms. The van der Waals surface area contributed by atoms with Gasteiger partial charge in [-0.15, -0.1) is 6.58 Å². The van der Waals surface area contributed by atoms with Gasteiger partial charge < -0.3 is 10.2 Å². The average molecular weight is 258 g/mol. The molecule has 1 aromatic carbocycles. The highest BCUT2D eigenvalue weighted by atomic mass is 16.3. The number of aliphatic hydroxyl groups is 2. The third kappa shape index (κ3) is 3.14. The van der Waals surface area contributed by atoms with Crippen molar-refractivity contribution in [1.29, 1.82) is 0 Å². The molecule has 2 nitrogen and oxygen atoms in total. The van der Waals surface area contributed by atoms with Gasteiger partial charge in [0.25, 0.3) is 0 Å². The number of hydrogen-bond donors (Lipinski definition) is 2. The summed E-state index contributed by atoms with van der Waals surface area (Å²) < 4.78 is 0. The molecule has 1 aliphatic carbocycles. The minimum absolute atomic E-state index is 0.123. The van der Waals surface area contributed by atoms with Crippen LogP contribution in [-0.2, 0) is 0 Å². The maximum atomic E-state index is 9.57. The van der Waals surface area contributed by atoms with Gasteiger partial charge in [0, 0.05) is 13.2 Å². The van der Waals surface area contributed by atoms with Crippen LogP contribution in [0, 0.1) is 23.7 Å². The summed E-state index contributed by atoms with van der Waals surface area (Å²) in [4.78, 5) is 0. The van der Waals surface area contributed by atoms with Crippen molar-refractivity contribution < 1.29 is 10.2 Å². The Morgan fingerprint density at radius 3 is 2.26 bits per heavy atom. The monoisotopic (exact) mass is 258 g/mol. The Hall–Kier alpha value is -1.38. The summed E-state index contributed by atoms with van der Waals surface area (Å²) in [6, 6.07) is 10.2. The van der Waals surface area contributed by atoms with Gasteiger partial charge in [-0.05, 0) is 35.7 Å². The van der Waals surface area contributed by atoms with E-state index in [1.165, 1.54) is 5.56 Å². The Kier molecular flexibility index (Phi) is 4.94. The first-order valence-corrected chi connectivity index (χ1v) is 6.87. The van der Waals surface area contributed by atoms with Crippen molar-refractivity contribution in [3.05, 3.63) is 54.6 Å². The predicted molar refractivity (Wildman–Crippen MR) is 78.4 cm³/mol. The molecule has 0 heterocycles. The second kappa shape index (κ2) is 6.69. The van der Waals surface area contributed by atoms with Crippen LogP contribution in [0.4, 0.5) is 0 Å². The Balaban J connectivity index is 2.11. The highest BCUT2D eigenvalue weighted by Gasteiger charge is 2.39. The molecular weight excluding hydrogens is 236 g/mol. The quantitative estimate of drug-likeness (QED) is 0.797. The number of hydrogen-bond acceptors (Lipinski definition) is 2. The molecule has 0 radical (unpaired) electrons. The average Bonchev–Trinajstić information content (AvgIpc) is 2.82. The maximum Gasteiger partial charge on any atom is 0.0468 e. The first-order valence-electron chi connectivity index (χ1n) is 6.87. The van der Waals surface area contributed by atoms with Crippen LogP contribution >= 0.6 is 0 Å². The highest BCUT2D eigenvalue weighted by molar-refractivity contribution is 5.49. The van der Waals surface area contributed by atoms with Crippen LogP contribution in [-0.4, -0.2) is 23.4 Å². The summed E-state index contributed by atoms with van der Waals surface area (Å²) in [5.41, 5.74) is 1.17. The third-order valence-electron chi connectivity index (χ3n) is 4.25. The highest BCUT2D eigenvalue weighted by Crippen LogP contribution is 2.42. The van der Waals surface area contributed by atoms with E-state index >= 15 is 0 Å². The van der Waals surface area contributed by atoms with Crippen molar-refractivity contribution in [1.82, 2.24) is 0 Å². The number of aliphatic hydroxyl groups excluding tert-OH is 2. The zero-order valence-corrected chi connectivity index (χ0v) is 11.2. The van der Waals surface area contributed by atoms with Gasteiger partial charge in [-0.3, -0.25) is 0 Å². The SMILES string of the molecule is C=C[C@@H]1C[C@H](/C=C/c2ccccc2)[C@H](CO)[C@@H]1CO. The van der Waals surface area contributed by atoms with E-state index in [4.69, 9.17) is 0 Å². The first-order chi connectivity index (χ1) is 9.30. The predicted octanol–water partition coefficient (Wildman–Crippen LogP) is 2.74. The Labute approximate surface area is 115 Å². The van der Waals surface area contributed by atoms with Crippen LogP contribution in [0.5, 0.6) is 0 Å². The zero-order valence-electron chi connectivity index (χ0n) is 11.2. The normalized spacial score (nSPS) is 30.8. The Morgan fingerprint density at radius 2 is 1.68 bits per heavy atom. The standard InChI is InChI=1S/C17H22O2/c1-2-14-10-15(17(12-19)16(14)11-18)9-8-13-6-4-3-5-7-13/h2-9,14-19H,1,10-12H2/b9-8+/t14-,15+,16-,17+/m1/s1. The van der Waals surface area contributed by atoms with Crippen molar-refractivity contribution in [2.75, 3.05) is 13.2 Å². The van der Waals surface area contributed by atoms with Crippen LogP contribution < -0.4 is 0 Å². The van der Waals surface area contributed by atoms with Crippen molar-refractivity contribution in [3.63, 3.8) is 0 Å². The van der Waals surface area contributed by atoms with Crippen LogP contribution in [0.1, 0.15) is 12.0 Å². The lowest BCUT2D eigenvalue weighted by atomic mass is 9.88. The Morgan fingerprint density at radius 1 is 1.05 bits per heavy atom. The number of rotatable bonds is 5. The van der Waals surface area contributed by atoms with Crippen molar-refractivity contribution in [3.8, 4) is 0 Å². The zero-order chi connectivity index (χ0) is 13.7. The molecule has 0 bridgehead atoms. The molecule has 1 aromatic rings. The van der Waals surface area contributed by atoms with E-state index in [0.29, 0.717) is 11.8 Å². The van der Waals surface area contributed by atoms with E-state index in [-0.39, 0.29) is 25.0 Å². The van der Waals surface area contributed by atoms with E-state index in [1.54, 1.807) is 0 Å². The lowest BCUT2D eigenvalue weighted by Crippen LogP contribution is -2.23. The largest absolute Gasteiger partial charge is 0.396 e. The molecule has 2 N–H and O–H groups in total. The molecule has 0 unspecified atom stereocenters. The Bertz CT molecular complexity index is 424. The molecule has 0 aliphatic heterocycles. The van der Waals surface area contributed by atoms with Crippen molar-refractivity contribution >= 4 is 6.08 Å². The van der Waals surface area contributed by atoms with Gasteiger partial charge in [-0.1, -0.05) is 48.6 Å². The van der Waals surface area contributed by atoms with E-state index in [1.807, 2.05) is 24.3 Å². The van der Waals surface area contributed by atoms with E-state index in [0.717, 1.165) is 6.42 Å². The summed E-state index contributed by atoms with van der Waals surface area (Å²) in [5, 5.41) is 19.1. The topological polar surface area (TPSA) is 40.5 Å². The maximum absolute atomic E-state index is 9.57. The smallest absolute Gasteiger partial charge is 0.0468 e. The summed E-state index contributed by atoms with van der Waals surface area (Å²) >= 11 is 0. The molecule has 102 valence electrons. The van der Waals surface area contributed by atoms with Gasteiger partial charge in [0.05, 0.1) is 0 Å². The van der Waals surface area contributed by atoms with Gasteiger partial charge >= 0.3 is 0 Å². The number of allylic oxidation sites excluding steroid dienone is 2. The lowest BCUT2D eigenvalue weighted by molar-refractivity contribution is 0.118. The molecule has 0 aromatic heterocycles. The van der Waals surface area contributed by atoms with Crippen LogP contribution in [0.2, 0.25) is 0 Å². The van der Waals surface area contributed by atoms with E-state index < -0.39 is 0 Å². The minimum Gasteiger partial charge on any atom is -0.396 e. The fourth-order valence-electron chi connectivity index (χ4n) is 3.13. The number of benzene rings is 1. The third-order valence-corrected chi connectivity index (χ3v) is 4.25. The van der Waals surface area contributed by atoms with Crippen molar-refractivity contribution in [2.24, 2.45) is 23.7 Å². The fourth-order valence-corrected chi connectivity index (χ4v) is 3.13. The van der Waals surface area contributed by atoms with E-state index in [9.17, 15) is 10.2 Å². The van der Waals surface area contributed by atoms with Gasteiger partial charge in [0.15, 0.2) is 0 Å². The molecule has 1 saturated carbocycles. The minimum atomic E-state index is 0.123. The van der Waals surface area contributed by atoms with Gasteiger partial charge in [0.1, 0.15) is 0 Å². The molecule has 4 atom stereocenters. The fraction of sp³-hybridized carbons (Fsp3) is 0.412. The molecular formula is C17H22O2. The summed E-state index contributed by atoms with van der Waals surface area (Å²) in [5.74, 6) is 0.874. The molecule has 0 amide bonds. The molecule has 2 rings (SSSR count). The molecule has 1 fully saturated rings. The van der Waals surface area contributed by atoms with E-state index in [2.05, 4.69) is 30.9 Å². The van der Waals surface area contributed by atoms with Crippen molar-refractivity contribution in [2.45, 2.75) is 6.42 Å². The second-order valence-electron chi connectivity index (χ2n) is 5.26. The van der Waals surface area contributed by atoms with Crippen LogP contribution in [0.25, 0.3) is 6.08 Å². The first kappa shape index (κ1) is 14.0. The summed E-state index contributed by atoms with van der Waals surface area (Å²) in [7, 11) is 0. The molecule has 0 spiro atoms.